The van der Waals surface area contributed by atoms with Gasteiger partial charge in [0.15, 0.2) is 11.6 Å². The maximum absolute atomic E-state index is 12.7. The smallest absolute Gasteiger partial charge is 0.345 e. The van der Waals surface area contributed by atoms with Gasteiger partial charge in [0.2, 0.25) is 0 Å². The van der Waals surface area contributed by atoms with Gasteiger partial charge in [0.1, 0.15) is 11.4 Å². The highest BCUT2D eigenvalue weighted by Gasteiger charge is 2.23. The van der Waals surface area contributed by atoms with Crippen molar-refractivity contribution < 1.29 is 14.6 Å². The Morgan fingerprint density at radius 3 is 2.41 bits per heavy atom. The van der Waals surface area contributed by atoms with Gasteiger partial charge in [-0.15, -0.1) is 0 Å². The number of carbonyl (C=O) groups is 1. The Morgan fingerprint density at radius 1 is 1.07 bits per heavy atom. The fourth-order valence-corrected chi connectivity index (χ4v) is 2.76. The Balaban J connectivity index is 2.13. The maximum atomic E-state index is 12.7. The number of carbonyl (C=O) groups excluding carboxylic acids is 1. The molecule has 0 unspecified atom stereocenters. The number of halogens is 1. The topological polar surface area (TPSA) is 96.4 Å². The maximum Gasteiger partial charge on any atom is 0.345 e. The van der Waals surface area contributed by atoms with E-state index in [9.17, 15) is 9.90 Å². The van der Waals surface area contributed by atoms with E-state index in [0.717, 1.165) is 5.56 Å². The first-order valence-electron chi connectivity index (χ1n) is 9.14. The van der Waals surface area contributed by atoms with Crippen LogP contribution in [-0.2, 0) is 4.74 Å². The molecule has 3 aromatic rings. The van der Waals surface area contributed by atoms with E-state index in [0.29, 0.717) is 22.4 Å². The number of ether oxygens (including phenoxy) is 1. The molecule has 150 valence electrons. The fraction of sp³-hybridized carbons (Fsp3) is 0.190. The summed E-state index contributed by atoms with van der Waals surface area (Å²) in [6, 6.07) is 16.4. The van der Waals surface area contributed by atoms with Crippen molar-refractivity contribution in [2.45, 2.75) is 6.92 Å². The lowest BCUT2D eigenvalue weighted by atomic mass is 10.2. The van der Waals surface area contributed by atoms with E-state index >= 15 is 0 Å². The Kier molecular flexibility index (Phi) is 6.99. The molecule has 2 aromatic carbocycles. The molecule has 7 nitrogen and oxygen atoms in total. The predicted octanol–water partition coefficient (Wildman–Crippen LogP) is 4.12. The summed E-state index contributed by atoms with van der Waals surface area (Å²) >= 11 is 5.96. The Hall–Kier alpha value is -3.16. The predicted molar refractivity (Wildman–Crippen MR) is 114 cm³/mol. The highest BCUT2D eigenvalue weighted by Crippen LogP contribution is 2.29. The highest BCUT2D eigenvalue weighted by atomic mass is 35.5. The molecule has 1 heterocycles. The molecule has 29 heavy (non-hydrogen) atoms. The molecule has 0 aliphatic rings. The highest BCUT2D eigenvalue weighted by molar-refractivity contribution is 6.30. The summed E-state index contributed by atoms with van der Waals surface area (Å²) in [5.41, 5.74) is 1.65. The van der Waals surface area contributed by atoms with Crippen molar-refractivity contribution in [3.05, 3.63) is 65.2 Å². The molecule has 3 N–H and O–H groups in total. The Labute approximate surface area is 173 Å². The number of nitrogens with zero attached hydrogens (tertiary/aromatic N) is 2. The second-order valence-corrected chi connectivity index (χ2v) is 6.42. The van der Waals surface area contributed by atoms with Crippen molar-refractivity contribution in [2.75, 3.05) is 30.4 Å². The summed E-state index contributed by atoms with van der Waals surface area (Å²) in [7, 11) is 0. The van der Waals surface area contributed by atoms with Gasteiger partial charge in [-0.1, -0.05) is 41.9 Å². The molecule has 0 amide bonds. The summed E-state index contributed by atoms with van der Waals surface area (Å²) in [6.45, 7) is 2.04. The molecular formula is C21H21ClN4O3. The normalized spacial score (nSPS) is 10.4. The van der Waals surface area contributed by atoms with Crippen LogP contribution in [0.3, 0.4) is 0 Å². The number of esters is 1. The van der Waals surface area contributed by atoms with E-state index in [-0.39, 0.29) is 31.1 Å². The molecular weight excluding hydrogens is 392 g/mol. The molecule has 8 heteroatoms. The van der Waals surface area contributed by atoms with E-state index in [2.05, 4.69) is 20.6 Å². The van der Waals surface area contributed by atoms with E-state index in [4.69, 9.17) is 16.3 Å². The summed E-state index contributed by atoms with van der Waals surface area (Å²) in [6.07, 6.45) is 0. The number of hydrogen-bond acceptors (Lipinski definition) is 7. The summed E-state index contributed by atoms with van der Waals surface area (Å²) in [5, 5.41) is 16.0. The van der Waals surface area contributed by atoms with Crippen LogP contribution in [0.25, 0.3) is 11.4 Å². The third kappa shape index (κ3) is 5.22. The van der Waals surface area contributed by atoms with Gasteiger partial charge >= 0.3 is 5.97 Å². The first-order chi connectivity index (χ1) is 14.1. The fourth-order valence-electron chi connectivity index (χ4n) is 2.64. The number of rotatable bonds is 8. The molecule has 0 aliphatic carbocycles. The molecule has 0 bridgehead atoms. The largest absolute Gasteiger partial charge is 0.462 e. The molecule has 1 aromatic heterocycles. The minimum atomic E-state index is -0.566. The number of aliphatic hydroxyl groups is 1. The molecule has 0 saturated carbocycles. The molecule has 3 rings (SSSR count). The molecule has 0 atom stereocenters. The van der Waals surface area contributed by atoms with Gasteiger partial charge in [-0.05, 0) is 31.2 Å². The van der Waals surface area contributed by atoms with Crippen molar-refractivity contribution in [1.82, 2.24) is 9.97 Å². The average Bonchev–Trinajstić information content (AvgIpc) is 2.74. The SMILES string of the molecule is CCOC(=O)c1c(NCCO)nc(-c2ccccc2)nc1Nc1ccc(Cl)cc1. The summed E-state index contributed by atoms with van der Waals surface area (Å²) in [5.74, 6) is 0.433. The minimum Gasteiger partial charge on any atom is -0.462 e. The zero-order chi connectivity index (χ0) is 20.6. The van der Waals surface area contributed by atoms with Crippen LogP contribution in [0.5, 0.6) is 0 Å². The van der Waals surface area contributed by atoms with Gasteiger partial charge in [-0.25, -0.2) is 14.8 Å². The van der Waals surface area contributed by atoms with Gasteiger partial charge in [-0.2, -0.15) is 0 Å². The first kappa shape index (κ1) is 20.6. The van der Waals surface area contributed by atoms with E-state index in [1.807, 2.05) is 30.3 Å². The molecule has 0 radical (unpaired) electrons. The quantitative estimate of drug-likeness (QED) is 0.479. The summed E-state index contributed by atoms with van der Waals surface area (Å²) < 4.78 is 5.21. The second-order valence-electron chi connectivity index (χ2n) is 5.99. The van der Waals surface area contributed by atoms with Crippen LogP contribution in [0.1, 0.15) is 17.3 Å². The van der Waals surface area contributed by atoms with Crippen LogP contribution in [0.15, 0.2) is 54.6 Å². The van der Waals surface area contributed by atoms with Gasteiger partial charge in [0, 0.05) is 22.8 Å². The van der Waals surface area contributed by atoms with Crippen LogP contribution >= 0.6 is 11.6 Å². The van der Waals surface area contributed by atoms with Gasteiger partial charge in [-0.3, -0.25) is 0 Å². The number of nitrogens with one attached hydrogen (secondary N) is 2. The van der Waals surface area contributed by atoms with Gasteiger partial charge in [0.25, 0.3) is 0 Å². The van der Waals surface area contributed by atoms with E-state index in [1.165, 1.54) is 0 Å². The summed E-state index contributed by atoms with van der Waals surface area (Å²) in [4.78, 5) is 21.8. The van der Waals surface area contributed by atoms with Crippen molar-refractivity contribution in [1.29, 1.82) is 0 Å². The van der Waals surface area contributed by atoms with Crippen LogP contribution in [0.2, 0.25) is 5.02 Å². The lowest BCUT2D eigenvalue weighted by Crippen LogP contribution is -2.17. The number of anilines is 3. The third-order valence-corrected chi connectivity index (χ3v) is 4.18. The minimum absolute atomic E-state index is 0.118. The number of aliphatic hydroxyl groups excluding tert-OH is 1. The monoisotopic (exact) mass is 412 g/mol. The van der Waals surface area contributed by atoms with Crippen LogP contribution in [0.4, 0.5) is 17.3 Å². The lowest BCUT2D eigenvalue weighted by molar-refractivity contribution is 0.0528. The van der Waals surface area contributed by atoms with E-state index < -0.39 is 5.97 Å². The first-order valence-corrected chi connectivity index (χ1v) is 9.52. The van der Waals surface area contributed by atoms with Crippen LogP contribution in [0, 0.1) is 0 Å². The Bertz CT molecular complexity index is 966. The van der Waals surface area contributed by atoms with Crippen molar-refractivity contribution in [3.8, 4) is 11.4 Å². The van der Waals surface area contributed by atoms with E-state index in [1.54, 1.807) is 31.2 Å². The Morgan fingerprint density at radius 2 is 1.76 bits per heavy atom. The zero-order valence-corrected chi connectivity index (χ0v) is 16.6. The standard InChI is InChI=1S/C21H21ClN4O3/c1-2-29-21(28)17-19(23-12-13-27)25-18(14-6-4-3-5-7-14)26-20(17)24-16-10-8-15(22)9-11-16/h3-11,27H,2,12-13H2,1H3,(H2,23,24,25,26). The zero-order valence-electron chi connectivity index (χ0n) is 15.9. The van der Waals surface area contributed by atoms with Crippen molar-refractivity contribution in [3.63, 3.8) is 0 Å². The van der Waals surface area contributed by atoms with Crippen molar-refractivity contribution in [2.24, 2.45) is 0 Å². The number of hydrogen-bond donors (Lipinski definition) is 3. The van der Waals surface area contributed by atoms with Gasteiger partial charge in [0.05, 0.1) is 13.2 Å². The third-order valence-electron chi connectivity index (χ3n) is 3.93. The number of aromatic nitrogens is 2. The molecule has 0 aliphatic heterocycles. The lowest BCUT2D eigenvalue weighted by Gasteiger charge is -2.16. The van der Waals surface area contributed by atoms with Crippen LogP contribution in [-0.4, -0.2) is 40.8 Å². The second kappa shape index (κ2) is 9.86. The van der Waals surface area contributed by atoms with Crippen LogP contribution < -0.4 is 10.6 Å². The average molecular weight is 413 g/mol. The molecule has 0 saturated heterocycles. The van der Waals surface area contributed by atoms with Crippen molar-refractivity contribution >= 4 is 34.9 Å². The molecule has 0 spiro atoms. The van der Waals surface area contributed by atoms with Gasteiger partial charge < -0.3 is 20.5 Å². The number of benzene rings is 2. The molecule has 0 fully saturated rings.